The molecule has 1 aromatic rings. The van der Waals surface area contributed by atoms with Crippen molar-refractivity contribution in [2.75, 3.05) is 27.2 Å². The number of esters is 1. The molecule has 5 nitrogen and oxygen atoms in total. The van der Waals surface area contributed by atoms with Crippen molar-refractivity contribution in [3.63, 3.8) is 0 Å². The number of rotatable bonds is 2. The molecule has 5 heteroatoms. The van der Waals surface area contributed by atoms with Gasteiger partial charge in [0, 0.05) is 13.6 Å². The first-order valence-electron chi connectivity index (χ1n) is 5.03. The summed E-state index contributed by atoms with van der Waals surface area (Å²) in [5.74, 6) is 0.397. The minimum atomic E-state index is -0.428. The number of aliphatic imine (C=N–C) groups is 1. The molecule has 0 radical (unpaired) electrons. The van der Waals surface area contributed by atoms with Crippen LogP contribution in [-0.4, -0.2) is 48.9 Å². The molecule has 0 unspecified atom stereocenters. The maximum absolute atomic E-state index is 11.3. The fraction of sp³-hybridized carbons (Fsp3) is 0.364. The average molecular weight is 219 g/mol. The van der Waals surface area contributed by atoms with Gasteiger partial charge in [0.25, 0.3) is 0 Å². The molecule has 0 N–H and O–H groups in total. The zero-order valence-corrected chi connectivity index (χ0v) is 9.30. The van der Waals surface area contributed by atoms with Crippen molar-refractivity contribution in [1.82, 2.24) is 9.88 Å². The first-order chi connectivity index (χ1) is 7.72. The van der Waals surface area contributed by atoms with Gasteiger partial charge in [-0.15, -0.1) is 0 Å². The quantitative estimate of drug-likeness (QED) is 0.682. The third kappa shape index (κ3) is 1.88. The summed E-state index contributed by atoms with van der Waals surface area (Å²) in [7, 11) is 3.30. The second kappa shape index (κ2) is 4.30. The highest BCUT2D eigenvalue weighted by atomic mass is 16.5. The van der Waals surface area contributed by atoms with E-state index in [1.807, 2.05) is 18.0 Å². The van der Waals surface area contributed by atoms with Crippen LogP contribution in [0.2, 0.25) is 0 Å². The number of methoxy groups -OCH3 is 1. The third-order valence-corrected chi connectivity index (χ3v) is 2.43. The van der Waals surface area contributed by atoms with Crippen LogP contribution in [0, 0.1) is 0 Å². The van der Waals surface area contributed by atoms with Crippen LogP contribution in [0.5, 0.6) is 0 Å². The molecule has 0 bridgehead atoms. The van der Waals surface area contributed by atoms with Crippen molar-refractivity contribution in [2.45, 2.75) is 0 Å². The van der Waals surface area contributed by atoms with Gasteiger partial charge >= 0.3 is 5.97 Å². The third-order valence-electron chi connectivity index (χ3n) is 2.43. The van der Waals surface area contributed by atoms with Crippen molar-refractivity contribution < 1.29 is 9.53 Å². The molecule has 0 saturated heterocycles. The van der Waals surface area contributed by atoms with E-state index >= 15 is 0 Å². The SMILES string of the molecule is COC(=O)c1cccc(C2=NCCN2C)n1. The van der Waals surface area contributed by atoms with Gasteiger partial charge in [-0.1, -0.05) is 6.07 Å². The predicted octanol–water partition coefficient (Wildman–Crippen LogP) is 0.560. The predicted molar refractivity (Wildman–Crippen MR) is 59.6 cm³/mol. The van der Waals surface area contributed by atoms with Crippen molar-refractivity contribution in [2.24, 2.45) is 4.99 Å². The molecule has 1 aliphatic heterocycles. The number of carbonyl (C=O) groups excluding carboxylic acids is 1. The van der Waals surface area contributed by atoms with Gasteiger partial charge in [-0.25, -0.2) is 9.78 Å². The monoisotopic (exact) mass is 219 g/mol. The Balaban J connectivity index is 2.32. The fourth-order valence-electron chi connectivity index (χ4n) is 1.59. The Bertz CT molecular complexity index is 443. The molecule has 2 heterocycles. The summed E-state index contributed by atoms with van der Waals surface area (Å²) in [6, 6.07) is 5.25. The summed E-state index contributed by atoms with van der Waals surface area (Å²) in [6.07, 6.45) is 0. The number of amidine groups is 1. The molecule has 0 saturated carbocycles. The van der Waals surface area contributed by atoms with Gasteiger partial charge in [0.1, 0.15) is 17.2 Å². The lowest BCUT2D eigenvalue weighted by Crippen LogP contribution is -2.24. The highest BCUT2D eigenvalue weighted by molar-refractivity contribution is 5.99. The summed E-state index contributed by atoms with van der Waals surface area (Å²) in [6.45, 7) is 1.66. The molecule has 0 fully saturated rings. The number of carbonyl (C=O) groups is 1. The summed E-state index contributed by atoms with van der Waals surface area (Å²) in [4.78, 5) is 21.9. The number of hydrogen-bond acceptors (Lipinski definition) is 5. The Morgan fingerprint density at radius 2 is 2.31 bits per heavy atom. The van der Waals surface area contributed by atoms with Crippen LogP contribution in [-0.2, 0) is 4.74 Å². The number of aromatic nitrogens is 1. The maximum atomic E-state index is 11.3. The van der Waals surface area contributed by atoms with E-state index < -0.39 is 5.97 Å². The molecule has 2 rings (SSSR count). The Labute approximate surface area is 93.8 Å². The van der Waals surface area contributed by atoms with Crippen LogP contribution >= 0.6 is 0 Å². The Hall–Kier alpha value is -1.91. The van der Waals surface area contributed by atoms with E-state index in [1.165, 1.54) is 7.11 Å². The van der Waals surface area contributed by atoms with Crippen LogP contribution in [0.15, 0.2) is 23.2 Å². The van der Waals surface area contributed by atoms with Gasteiger partial charge < -0.3 is 9.64 Å². The minimum absolute atomic E-state index is 0.308. The van der Waals surface area contributed by atoms with E-state index in [0.29, 0.717) is 11.4 Å². The van der Waals surface area contributed by atoms with E-state index in [-0.39, 0.29) is 0 Å². The standard InChI is InChI=1S/C11H13N3O2/c1-14-7-6-12-10(14)8-4-3-5-9(13-8)11(15)16-2/h3-5H,6-7H2,1-2H3. The number of ether oxygens (including phenoxy) is 1. The van der Waals surface area contributed by atoms with E-state index in [1.54, 1.807) is 12.1 Å². The van der Waals surface area contributed by atoms with Gasteiger partial charge in [0.2, 0.25) is 0 Å². The van der Waals surface area contributed by atoms with Crippen LogP contribution < -0.4 is 0 Å². The van der Waals surface area contributed by atoms with Crippen molar-refractivity contribution in [3.05, 3.63) is 29.6 Å². The molecule has 0 aromatic carbocycles. The summed E-state index contributed by atoms with van der Waals surface area (Å²) in [5, 5.41) is 0. The van der Waals surface area contributed by atoms with Gasteiger partial charge in [0.05, 0.1) is 13.7 Å². The lowest BCUT2D eigenvalue weighted by Gasteiger charge is -2.13. The topological polar surface area (TPSA) is 54.8 Å². The van der Waals surface area contributed by atoms with Crippen LogP contribution in [0.4, 0.5) is 0 Å². The molecule has 0 spiro atoms. The van der Waals surface area contributed by atoms with Gasteiger partial charge in [0.15, 0.2) is 0 Å². The van der Waals surface area contributed by atoms with E-state index in [2.05, 4.69) is 14.7 Å². The van der Waals surface area contributed by atoms with Gasteiger partial charge in [-0.05, 0) is 12.1 Å². The molecule has 1 aliphatic rings. The zero-order valence-electron chi connectivity index (χ0n) is 9.30. The first-order valence-corrected chi connectivity index (χ1v) is 5.03. The number of nitrogens with zero attached hydrogens (tertiary/aromatic N) is 3. The summed E-state index contributed by atoms with van der Waals surface area (Å²) >= 11 is 0. The van der Waals surface area contributed by atoms with E-state index in [4.69, 9.17) is 0 Å². The van der Waals surface area contributed by atoms with Crippen LogP contribution in [0.1, 0.15) is 16.2 Å². The van der Waals surface area contributed by atoms with Crippen molar-refractivity contribution in [3.8, 4) is 0 Å². The van der Waals surface area contributed by atoms with Crippen molar-refractivity contribution in [1.29, 1.82) is 0 Å². The second-order valence-electron chi connectivity index (χ2n) is 3.53. The van der Waals surface area contributed by atoms with Crippen LogP contribution in [0.25, 0.3) is 0 Å². The molecule has 84 valence electrons. The molecule has 1 aromatic heterocycles. The molecular weight excluding hydrogens is 206 g/mol. The van der Waals surface area contributed by atoms with Crippen LogP contribution in [0.3, 0.4) is 0 Å². The lowest BCUT2D eigenvalue weighted by molar-refractivity contribution is 0.0594. The molecular formula is C11H13N3O2. The largest absolute Gasteiger partial charge is 0.464 e. The highest BCUT2D eigenvalue weighted by Gasteiger charge is 2.17. The minimum Gasteiger partial charge on any atom is -0.464 e. The normalized spacial score (nSPS) is 14.9. The molecule has 0 amide bonds. The Morgan fingerprint density at radius 1 is 1.50 bits per heavy atom. The van der Waals surface area contributed by atoms with E-state index in [0.717, 1.165) is 18.9 Å². The number of pyridine rings is 1. The number of hydrogen-bond donors (Lipinski definition) is 0. The summed E-state index contributed by atoms with van der Waals surface area (Å²) < 4.78 is 4.63. The second-order valence-corrected chi connectivity index (χ2v) is 3.53. The fourth-order valence-corrected chi connectivity index (χ4v) is 1.59. The lowest BCUT2D eigenvalue weighted by atomic mass is 10.2. The Morgan fingerprint density at radius 3 is 2.94 bits per heavy atom. The van der Waals surface area contributed by atoms with Gasteiger partial charge in [-0.2, -0.15) is 0 Å². The molecule has 0 atom stereocenters. The van der Waals surface area contributed by atoms with Gasteiger partial charge in [-0.3, -0.25) is 4.99 Å². The van der Waals surface area contributed by atoms with Crippen molar-refractivity contribution >= 4 is 11.8 Å². The molecule has 16 heavy (non-hydrogen) atoms. The zero-order chi connectivity index (χ0) is 11.5. The highest BCUT2D eigenvalue weighted by Crippen LogP contribution is 2.08. The maximum Gasteiger partial charge on any atom is 0.356 e. The number of likely N-dealkylation sites (N-methyl/N-ethyl adjacent to an activating group) is 1. The average Bonchev–Trinajstić information content (AvgIpc) is 2.74. The first kappa shape index (κ1) is 10.6. The van der Waals surface area contributed by atoms with E-state index in [9.17, 15) is 4.79 Å². The smallest absolute Gasteiger partial charge is 0.356 e. The summed E-state index contributed by atoms with van der Waals surface area (Å²) in [5.41, 5.74) is 1.02. The Kier molecular flexibility index (Phi) is 2.85. The molecule has 0 aliphatic carbocycles.